The Bertz CT molecular complexity index is 382. The summed E-state index contributed by atoms with van der Waals surface area (Å²) in [6.45, 7) is 6.25. The van der Waals surface area contributed by atoms with Gasteiger partial charge >= 0.3 is 0 Å². The Morgan fingerprint density at radius 2 is 1.79 bits per heavy atom. The highest BCUT2D eigenvalue weighted by molar-refractivity contribution is 5.84. The lowest BCUT2D eigenvalue weighted by Gasteiger charge is -2.60. The maximum Gasteiger partial charge on any atom is 0.139 e. The molecule has 4 aliphatic rings. The third-order valence-electron chi connectivity index (χ3n) is 6.33. The van der Waals surface area contributed by atoms with Crippen LogP contribution in [0, 0.1) is 22.7 Å². The summed E-state index contributed by atoms with van der Waals surface area (Å²) < 4.78 is 0. The van der Waals surface area contributed by atoms with Gasteiger partial charge in [-0.05, 0) is 62.2 Å². The normalized spacial score (nSPS) is 44.6. The molecule has 0 saturated heterocycles. The molecule has 0 radical (unpaired) electrons. The van der Waals surface area contributed by atoms with E-state index in [1.807, 2.05) is 0 Å². The van der Waals surface area contributed by atoms with Crippen molar-refractivity contribution < 1.29 is 9.90 Å². The Morgan fingerprint density at radius 1 is 1.21 bits per heavy atom. The first-order valence-corrected chi connectivity index (χ1v) is 8.02. The van der Waals surface area contributed by atoms with Crippen molar-refractivity contribution in [3.63, 3.8) is 0 Å². The number of carbonyl (C=O) groups excluding carboxylic acids is 1. The number of aliphatic hydroxyl groups is 1. The van der Waals surface area contributed by atoms with Gasteiger partial charge < -0.3 is 5.11 Å². The summed E-state index contributed by atoms with van der Waals surface area (Å²) in [5.74, 6) is 1.79. The van der Waals surface area contributed by atoms with Gasteiger partial charge in [0.1, 0.15) is 5.78 Å². The van der Waals surface area contributed by atoms with Gasteiger partial charge in [-0.25, -0.2) is 0 Å². The number of Topliss-reactive ketones (excluding diaryl/α,β-unsaturated/α-hetero) is 1. The molecule has 4 fully saturated rings. The second-order valence-electron chi connectivity index (χ2n) is 8.52. The number of hydrogen-bond acceptors (Lipinski definition) is 2. The van der Waals surface area contributed by atoms with Crippen LogP contribution in [0.2, 0.25) is 0 Å². The molecule has 0 amide bonds. The van der Waals surface area contributed by atoms with Crippen molar-refractivity contribution in [1.82, 2.24) is 0 Å². The zero-order chi connectivity index (χ0) is 13.9. The third-order valence-corrected chi connectivity index (χ3v) is 6.33. The number of rotatable bonds is 4. The number of hydrogen-bond donors (Lipinski definition) is 1. The van der Waals surface area contributed by atoms with Crippen LogP contribution in [-0.4, -0.2) is 16.5 Å². The molecule has 4 aliphatic carbocycles. The summed E-state index contributed by atoms with van der Waals surface area (Å²) >= 11 is 0. The van der Waals surface area contributed by atoms with Gasteiger partial charge in [0.15, 0.2) is 0 Å². The van der Waals surface area contributed by atoms with E-state index in [0.717, 1.165) is 25.7 Å². The Balaban J connectivity index is 1.79. The van der Waals surface area contributed by atoms with Gasteiger partial charge in [-0.1, -0.05) is 20.8 Å². The van der Waals surface area contributed by atoms with E-state index in [2.05, 4.69) is 20.8 Å². The molecule has 0 spiro atoms. The highest BCUT2D eigenvalue weighted by Crippen LogP contribution is 2.63. The summed E-state index contributed by atoms with van der Waals surface area (Å²) in [6.07, 6.45) is 8.19. The number of carbonyl (C=O) groups is 1. The van der Waals surface area contributed by atoms with Crippen LogP contribution in [0.15, 0.2) is 0 Å². The standard InChI is InChI=1S/C17H28O2/c1-4-15(2,3)14(18)10-16-6-12-5-13(7-16)9-17(19,8-12)11-16/h12-13,19H,4-11H2,1-3H3. The predicted octanol–water partition coefficient (Wildman–Crippen LogP) is 3.71. The van der Waals surface area contributed by atoms with Crippen molar-refractivity contribution in [1.29, 1.82) is 0 Å². The van der Waals surface area contributed by atoms with E-state index < -0.39 is 5.60 Å². The molecule has 4 saturated carbocycles. The highest BCUT2D eigenvalue weighted by atomic mass is 16.3. The van der Waals surface area contributed by atoms with Gasteiger partial charge in [-0.15, -0.1) is 0 Å². The van der Waals surface area contributed by atoms with Gasteiger partial charge in [-0.2, -0.15) is 0 Å². The fourth-order valence-electron chi connectivity index (χ4n) is 5.39. The zero-order valence-corrected chi connectivity index (χ0v) is 12.7. The summed E-state index contributed by atoms with van der Waals surface area (Å²) in [5.41, 5.74) is -0.477. The van der Waals surface area contributed by atoms with Gasteiger partial charge in [0.25, 0.3) is 0 Å². The highest BCUT2D eigenvalue weighted by Gasteiger charge is 2.57. The molecule has 2 unspecified atom stereocenters. The van der Waals surface area contributed by atoms with Crippen LogP contribution in [0.3, 0.4) is 0 Å². The Hall–Kier alpha value is -0.370. The van der Waals surface area contributed by atoms with Crippen LogP contribution in [-0.2, 0) is 4.79 Å². The molecular weight excluding hydrogens is 236 g/mol. The van der Waals surface area contributed by atoms with Crippen LogP contribution in [0.1, 0.15) is 72.1 Å². The second-order valence-corrected chi connectivity index (χ2v) is 8.52. The second kappa shape index (κ2) is 4.07. The van der Waals surface area contributed by atoms with Crippen molar-refractivity contribution in [3.8, 4) is 0 Å². The van der Waals surface area contributed by atoms with Crippen LogP contribution in [0.5, 0.6) is 0 Å². The van der Waals surface area contributed by atoms with Crippen molar-refractivity contribution in [3.05, 3.63) is 0 Å². The topological polar surface area (TPSA) is 37.3 Å². The predicted molar refractivity (Wildman–Crippen MR) is 75.8 cm³/mol. The molecule has 19 heavy (non-hydrogen) atoms. The van der Waals surface area contributed by atoms with Gasteiger partial charge in [-0.3, -0.25) is 4.79 Å². The first kappa shape index (κ1) is 13.6. The minimum Gasteiger partial charge on any atom is -0.390 e. The molecule has 4 rings (SSSR count). The van der Waals surface area contributed by atoms with E-state index in [9.17, 15) is 9.90 Å². The first-order chi connectivity index (χ1) is 8.76. The lowest BCUT2D eigenvalue weighted by atomic mass is 9.46. The average molecular weight is 264 g/mol. The molecule has 1 N–H and O–H groups in total. The molecule has 0 heterocycles. The molecule has 0 aromatic rings. The number of ketones is 1. The molecule has 0 aromatic heterocycles. The van der Waals surface area contributed by atoms with Crippen molar-refractivity contribution in [2.24, 2.45) is 22.7 Å². The van der Waals surface area contributed by atoms with Gasteiger partial charge in [0, 0.05) is 11.8 Å². The minimum absolute atomic E-state index is 0.141. The largest absolute Gasteiger partial charge is 0.390 e. The van der Waals surface area contributed by atoms with Crippen molar-refractivity contribution >= 4 is 5.78 Å². The maximum atomic E-state index is 12.6. The maximum absolute atomic E-state index is 12.6. The molecule has 4 bridgehead atoms. The van der Waals surface area contributed by atoms with E-state index in [0.29, 0.717) is 24.0 Å². The monoisotopic (exact) mass is 264 g/mol. The van der Waals surface area contributed by atoms with Crippen molar-refractivity contribution in [2.75, 3.05) is 0 Å². The zero-order valence-electron chi connectivity index (χ0n) is 12.7. The summed E-state index contributed by atoms with van der Waals surface area (Å²) in [5, 5.41) is 10.7. The SMILES string of the molecule is CCC(C)(C)C(=O)CC12CC3CC(CC(O)(C3)C1)C2. The molecule has 0 aliphatic heterocycles. The lowest BCUT2D eigenvalue weighted by Crippen LogP contribution is -2.56. The van der Waals surface area contributed by atoms with Gasteiger partial charge in [0.2, 0.25) is 0 Å². The molecule has 108 valence electrons. The fraction of sp³-hybridized carbons (Fsp3) is 0.941. The third kappa shape index (κ3) is 2.26. The first-order valence-electron chi connectivity index (χ1n) is 8.02. The minimum atomic E-state index is -0.430. The lowest BCUT2D eigenvalue weighted by molar-refractivity contribution is -0.170. The quantitative estimate of drug-likeness (QED) is 0.840. The van der Waals surface area contributed by atoms with Crippen molar-refractivity contribution in [2.45, 2.75) is 77.7 Å². The Labute approximate surface area is 117 Å². The fourth-order valence-corrected chi connectivity index (χ4v) is 5.39. The smallest absolute Gasteiger partial charge is 0.139 e. The van der Waals surface area contributed by atoms with E-state index in [1.165, 1.54) is 19.3 Å². The molecule has 0 aromatic carbocycles. The molecule has 2 heteroatoms. The van der Waals surface area contributed by atoms with E-state index in [-0.39, 0.29) is 10.8 Å². The molecule has 2 nitrogen and oxygen atoms in total. The Morgan fingerprint density at radius 3 is 2.26 bits per heavy atom. The van der Waals surface area contributed by atoms with E-state index >= 15 is 0 Å². The van der Waals surface area contributed by atoms with Crippen LogP contribution < -0.4 is 0 Å². The molecule has 2 atom stereocenters. The van der Waals surface area contributed by atoms with Gasteiger partial charge in [0.05, 0.1) is 5.60 Å². The summed E-state index contributed by atoms with van der Waals surface area (Å²) in [6, 6.07) is 0. The van der Waals surface area contributed by atoms with E-state index in [4.69, 9.17) is 0 Å². The Kier molecular flexibility index (Phi) is 2.91. The van der Waals surface area contributed by atoms with Crippen LogP contribution in [0.4, 0.5) is 0 Å². The summed E-state index contributed by atoms with van der Waals surface area (Å²) in [4.78, 5) is 12.6. The average Bonchev–Trinajstić information content (AvgIpc) is 2.24. The summed E-state index contributed by atoms with van der Waals surface area (Å²) in [7, 11) is 0. The van der Waals surface area contributed by atoms with E-state index in [1.54, 1.807) is 0 Å². The van der Waals surface area contributed by atoms with Crippen LogP contribution in [0.25, 0.3) is 0 Å². The molecular formula is C17H28O2. The van der Waals surface area contributed by atoms with Crippen LogP contribution >= 0.6 is 0 Å².